The minimum Gasteiger partial charge on any atom is -0.494 e. The predicted molar refractivity (Wildman–Crippen MR) is 68.5 cm³/mol. The molecule has 0 fully saturated rings. The van der Waals surface area contributed by atoms with Crippen LogP contribution in [0.1, 0.15) is 12.8 Å². The number of unbranched alkanes of at least 4 members (excludes halogenated alkanes) is 1. The van der Waals surface area contributed by atoms with Crippen molar-refractivity contribution in [3.63, 3.8) is 0 Å². The van der Waals surface area contributed by atoms with Crippen LogP contribution in [0.3, 0.4) is 0 Å². The van der Waals surface area contributed by atoms with Crippen LogP contribution in [-0.2, 0) is 0 Å². The molecule has 1 aromatic rings. The third kappa shape index (κ3) is 4.40. The first kappa shape index (κ1) is 12.6. The molecule has 0 amide bonds. The zero-order chi connectivity index (χ0) is 12.0. The highest BCUT2D eigenvalue weighted by Crippen LogP contribution is 2.21. The number of rotatable bonds is 6. The maximum atomic E-state index is 5.68. The maximum Gasteiger partial charge on any atom is 0.121 e. The van der Waals surface area contributed by atoms with Gasteiger partial charge in [0.25, 0.3) is 0 Å². The van der Waals surface area contributed by atoms with E-state index < -0.39 is 0 Å². The van der Waals surface area contributed by atoms with Gasteiger partial charge in [-0.1, -0.05) is 0 Å². The van der Waals surface area contributed by atoms with E-state index in [-0.39, 0.29) is 0 Å². The van der Waals surface area contributed by atoms with Crippen LogP contribution in [-0.4, -0.2) is 32.1 Å². The van der Waals surface area contributed by atoms with Gasteiger partial charge < -0.3 is 21.1 Å². The van der Waals surface area contributed by atoms with Gasteiger partial charge in [-0.25, -0.2) is 0 Å². The number of nitrogens with zero attached hydrogens (tertiary/aromatic N) is 1. The van der Waals surface area contributed by atoms with Crippen LogP contribution in [0.2, 0.25) is 0 Å². The zero-order valence-corrected chi connectivity index (χ0v) is 10.1. The Morgan fingerprint density at radius 1 is 1.12 bits per heavy atom. The monoisotopic (exact) mass is 223 g/mol. The van der Waals surface area contributed by atoms with Crippen LogP contribution in [0.25, 0.3) is 0 Å². The standard InChI is InChI=1S/C12H21N3O/c1-15(2)7-3-4-8-16-10-5-6-11(13)12(14)9-10/h5-6,9H,3-4,7-8,13-14H2,1-2H3. The van der Waals surface area contributed by atoms with E-state index in [1.165, 1.54) is 0 Å². The Morgan fingerprint density at radius 3 is 2.50 bits per heavy atom. The van der Waals surface area contributed by atoms with Gasteiger partial charge in [0, 0.05) is 6.07 Å². The average Bonchev–Trinajstić information content (AvgIpc) is 2.22. The predicted octanol–water partition coefficient (Wildman–Crippen LogP) is 1.57. The summed E-state index contributed by atoms with van der Waals surface area (Å²) in [6.45, 7) is 1.81. The second-order valence-electron chi connectivity index (χ2n) is 4.15. The summed E-state index contributed by atoms with van der Waals surface area (Å²) in [5.41, 5.74) is 12.5. The molecule has 1 rings (SSSR count). The largest absolute Gasteiger partial charge is 0.494 e. The lowest BCUT2D eigenvalue weighted by Gasteiger charge is -2.10. The van der Waals surface area contributed by atoms with Crippen molar-refractivity contribution in [2.45, 2.75) is 12.8 Å². The van der Waals surface area contributed by atoms with Crippen molar-refractivity contribution in [3.8, 4) is 5.75 Å². The van der Waals surface area contributed by atoms with Gasteiger partial charge >= 0.3 is 0 Å². The summed E-state index contributed by atoms with van der Waals surface area (Å²) in [5, 5.41) is 0. The molecule has 16 heavy (non-hydrogen) atoms. The molecule has 0 saturated carbocycles. The van der Waals surface area contributed by atoms with Gasteiger partial charge in [-0.3, -0.25) is 0 Å². The van der Waals surface area contributed by atoms with Crippen LogP contribution in [0.4, 0.5) is 11.4 Å². The molecule has 0 unspecified atom stereocenters. The second-order valence-corrected chi connectivity index (χ2v) is 4.15. The minimum atomic E-state index is 0.575. The van der Waals surface area contributed by atoms with Crippen LogP contribution in [0.5, 0.6) is 5.75 Å². The highest BCUT2D eigenvalue weighted by Gasteiger charge is 1.98. The first-order valence-corrected chi connectivity index (χ1v) is 5.52. The molecule has 90 valence electrons. The van der Waals surface area contributed by atoms with Crippen molar-refractivity contribution in [2.75, 3.05) is 38.7 Å². The lowest BCUT2D eigenvalue weighted by Crippen LogP contribution is -2.13. The van der Waals surface area contributed by atoms with E-state index in [4.69, 9.17) is 16.2 Å². The number of ether oxygens (including phenoxy) is 1. The van der Waals surface area contributed by atoms with E-state index in [1.807, 2.05) is 6.07 Å². The van der Waals surface area contributed by atoms with E-state index in [0.717, 1.165) is 31.7 Å². The third-order valence-electron chi connectivity index (χ3n) is 2.33. The molecule has 0 heterocycles. The first-order valence-electron chi connectivity index (χ1n) is 5.52. The number of nitrogens with two attached hydrogens (primary N) is 2. The van der Waals surface area contributed by atoms with Gasteiger partial charge in [0.05, 0.1) is 18.0 Å². The van der Waals surface area contributed by atoms with E-state index in [2.05, 4.69) is 19.0 Å². The van der Waals surface area contributed by atoms with Gasteiger partial charge in [-0.15, -0.1) is 0 Å². The van der Waals surface area contributed by atoms with Crippen LogP contribution >= 0.6 is 0 Å². The number of anilines is 2. The Balaban J connectivity index is 2.24. The Morgan fingerprint density at radius 2 is 1.88 bits per heavy atom. The van der Waals surface area contributed by atoms with Crippen LogP contribution in [0.15, 0.2) is 18.2 Å². The Kier molecular flexibility index (Phi) is 4.92. The topological polar surface area (TPSA) is 64.5 Å². The molecule has 0 aliphatic heterocycles. The summed E-state index contributed by atoms with van der Waals surface area (Å²) in [7, 11) is 4.14. The second kappa shape index (κ2) is 6.23. The fourth-order valence-corrected chi connectivity index (χ4v) is 1.36. The minimum absolute atomic E-state index is 0.575. The van der Waals surface area contributed by atoms with Gasteiger partial charge in [0.1, 0.15) is 5.75 Å². The fraction of sp³-hybridized carbons (Fsp3) is 0.500. The van der Waals surface area contributed by atoms with Crippen molar-refractivity contribution in [1.82, 2.24) is 4.90 Å². The quantitative estimate of drug-likeness (QED) is 0.567. The Labute approximate surface area is 97.2 Å². The lowest BCUT2D eigenvalue weighted by atomic mass is 10.2. The zero-order valence-electron chi connectivity index (χ0n) is 10.1. The van der Waals surface area contributed by atoms with Crippen molar-refractivity contribution in [1.29, 1.82) is 0 Å². The molecule has 0 saturated heterocycles. The summed E-state index contributed by atoms with van der Waals surface area (Å²) < 4.78 is 5.57. The molecular weight excluding hydrogens is 202 g/mol. The fourth-order valence-electron chi connectivity index (χ4n) is 1.36. The van der Waals surface area contributed by atoms with Gasteiger partial charge in [0.15, 0.2) is 0 Å². The number of nitrogen functional groups attached to an aromatic ring is 2. The molecule has 1 aromatic carbocycles. The molecule has 4 heteroatoms. The van der Waals surface area contributed by atoms with E-state index in [0.29, 0.717) is 11.4 Å². The Bertz CT molecular complexity index is 326. The maximum absolute atomic E-state index is 5.68. The smallest absolute Gasteiger partial charge is 0.121 e. The summed E-state index contributed by atoms with van der Waals surface area (Å²) in [6.07, 6.45) is 2.18. The SMILES string of the molecule is CN(C)CCCCOc1ccc(N)c(N)c1. The van der Waals surface area contributed by atoms with E-state index in [1.54, 1.807) is 12.1 Å². The number of benzene rings is 1. The van der Waals surface area contributed by atoms with Crippen molar-refractivity contribution >= 4 is 11.4 Å². The summed E-state index contributed by atoms with van der Waals surface area (Å²) in [5.74, 6) is 0.788. The van der Waals surface area contributed by atoms with Gasteiger partial charge in [0.2, 0.25) is 0 Å². The molecule has 0 atom stereocenters. The highest BCUT2D eigenvalue weighted by molar-refractivity contribution is 5.65. The molecule has 0 bridgehead atoms. The van der Waals surface area contributed by atoms with Gasteiger partial charge in [-0.2, -0.15) is 0 Å². The van der Waals surface area contributed by atoms with Crippen LogP contribution in [0, 0.1) is 0 Å². The molecule has 0 radical (unpaired) electrons. The lowest BCUT2D eigenvalue weighted by molar-refractivity contribution is 0.293. The van der Waals surface area contributed by atoms with Gasteiger partial charge in [-0.05, 0) is 45.6 Å². The molecule has 0 aliphatic rings. The number of hydrogen-bond donors (Lipinski definition) is 2. The van der Waals surface area contributed by atoms with Crippen molar-refractivity contribution in [2.24, 2.45) is 0 Å². The molecule has 0 aliphatic carbocycles. The van der Waals surface area contributed by atoms with Crippen LogP contribution < -0.4 is 16.2 Å². The molecular formula is C12H21N3O. The average molecular weight is 223 g/mol. The highest BCUT2D eigenvalue weighted by atomic mass is 16.5. The molecule has 0 spiro atoms. The number of hydrogen-bond acceptors (Lipinski definition) is 4. The first-order chi connectivity index (χ1) is 7.59. The summed E-state index contributed by atoms with van der Waals surface area (Å²) >= 11 is 0. The summed E-state index contributed by atoms with van der Waals surface area (Å²) in [6, 6.07) is 5.38. The molecule has 4 N–H and O–H groups in total. The van der Waals surface area contributed by atoms with E-state index >= 15 is 0 Å². The van der Waals surface area contributed by atoms with E-state index in [9.17, 15) is 0 Å². The Hall–Kier alpha value is -1.42. The molecule has 4 nitrogen and oxygen atoms in total. The summed E-state index contributed by atoms with van der Waals surface area (Å²) in [4.78, 5) is 2.17. The normalized spacial score (nSPS) is 10.7. The molecule has 0 aromatic heterocycles. The third-order valence-corrected chi connectivity index (χ3v) is 2.33. The van der Waals surface area contributed by atoms with Crippen molar-refractivity contribution < 1.29 is 4.74 Å². The van der Waals surface area contributed by atoms with Crippen molar-refractivity contribution in [3.05, 3.63) is 18.2 Å².